The van der Waals surface area contributed by atoms with Crippen LogP contribution in [-0.4, -0.2) is 19.0 Å². The van der Waals surface area contributed by atoms with E-state index >= 15 is 0 Å². The van der Waals surface area contributed by atoms with Crippen molar-refractivity contribution in [2.75, 3.05) is 14.1 Å². The van der Waals surface area contributed by atoms with Crippen molar-refractivity contribution in [1.82, 2.24) is 4.90 Å². The van der Waals surface area contributed by atoms with Gasteiger partial charge in [-0.3, -0.25) is 0 Å². The molecule has 1 nitrogen and oxygen atoms in total. The highest BCUT2D eigenvalue weighted by Gasteiger charge is 2.05. The third-order valence-corrected chi connectivity index (χ3v) is 4.32. The molecule has 0 saturated carbocycles. The second-order valence-corrected chi connectivity index (χ2v) is 6.17. The van der Waals surface area contributed by atoms with Crippen LogP contribution in [0.2, 0.25) is 0 Å². The highest BCUT2D eigenvalue weighted by atomic mass is 35.5. The van der Waals surface area contributed by atoms with Crippen molar-refractivity contribution >= 4 is 35.5 Å². The van der Waals surface area contributed by atoms with E-state index < -0.39 is 0 Å². The topological polar surface area (TPSA) is 3.24 Å². The lowest BCUT2D eigenvalue weighted by Crippen LogP contribution is -2.11. The number of benzene rings is 1. The fraction of sp³-hybridized carbons (Fsp3) is 0.231. The number of hydrogen-bond acceptors (Lipinski definition) is 3. The SMILES string of the molecule is CN(C)Cc1ccccc1Sc1cccs1.Cl. The Bertz CT molecular complexity index is 440. The minimum Gasteiger partial charge on any atom is -0.305 e. The summed E-state index contributed by atoms with van der Waals surface area (Å²) in [5, 5.41) is 2.12. The van der Waals surface area contributed by atoms with Crippen LogP contribution in [0.3, 0.4) is 0 Å². The number of rotatable bonds is 4. The summed E-state index contributed by atoms with van der Waals surface area (Å²) in [5.74, 6) is 0. The van der Waals surface area contributed by atoms with E-state index in [1.54, 1.807) is 11.3 Å². The first-order chi connectivity index (χ1) is 7.75. The lowest BCUT2D eigenvalue weighted by atomic mass is 10.2. The molecule has 2 rings (SSSR count). The Labute approximate surface area is 117 Å². The molecule has 0 aliphatic carbocycles. The minimum atomic E-state index is 0. The molecule has 1 aromatic carbocycles. The van der Waals surface area contributed by atoms with Crippen LogP contribution in [0.5, 0.6) is 0 Å². The van der Waals surface area contributed by atoms with E-state index in [9.17, 15) is 0 Å². The molecule has 0 radical (unpaired) electrons. The summed E-state index contributed by atoms with van der Waals surface area (Å²) in [6, 6.07) is 12.9. The Morgan fingerprint density at radius 3 is 2.53 bits per heavy atom. The number of halogens is 1. The van der Waals surface area contributed by atoms with Gasteiger partial charge in [0, 0.05) is 11.4 Å². The maximum absolute atomic E-state index is 2.20. The third-order valence-electron chi connectivity index (χ3n) is 2.16. The van der Waals surface area contributed by atoms with Gasteiger partial charge in [-0.25, -0.2) is 0 Å². The Morgan fingerprint density at radius 1 is 1.12 bits per heavy atom. The standard InChI is InChI=1S/C13H15NS2.ClH/c1-14(2)10-11-6-3-4-7-12(11)16-13-8-5-9-15-13;/h3-9H,10H2,1-2H3;1H. The van der Waals surface area contributed by atoms with Crippen molar-refractivity contribution in [3.8, 4) is 0 Å². The van der Waals surface area contributed by atoms with Gasteiger partial charge in [0.25, 0.3) is 0 Å². The molecular weight excluding hydrogens is 270 g/mol. The summed E-state index contributed by atoms with van der Waals surface area (Å²) in [6.07, 6.45) is 0. The smallest absolute Gasteiger partial charge is 0.0646 e. The molecule has 92 valence electrons. The average molecular weight is 286 g/mol. The lowest BCUT2D eigenvalue weighted by molar-refractivity contribution is 0.399. The zero-order valence-electron chi connectivity index (χ0n) is 9.92. The monoisotopic (exact) mass is 285 g/mol. The van der Waals surface area contributed by atoms with E-state index in [2.05, 4.69) is 60.8 Å². The zero-order chi connectivity index (χ0) is 11.4. The number of nitrogens with zero attached hydrogens (tertiary/aromatic N) is 1. The molecule has 0 aliphatic heterocycles. The largest absolute Gasteiger partial charge is 0.305 e. The number of hydrogen-bond donors (Lipinski definition) is 0. The predicted molar refractivity (Wildman–Crippen MR) is 79.5 cm³/mol. The van der Waals surface area contributed by atoms with E-state index in [0.717, 1.165) is 6.54 Å². The Balaban J connectivity index is 0.00000144. The van der Waals surface area contributed by atoms with Crippen LogP contribution in [0.15, 0.2) is 50.9 Å². The van der Waals surface area contributed by atoms with Crippen LogP contribution in [0.4, 0.5) is 0 Å². The first kappa shape index (κ1) is 14.6. The summed E-state index contributed by atoms with van der Waals surface area (Å²) in [5.41, 5.74) is 1.39. The zero-order valence-corrected chi connectivity index (χ0v) is 12.4. The van der Waals surface area contributed by atoms with Gasteiger partial charge in [0.05, 0.1) is 4.21 Å². The quantitative estimate of drug-likeness (QED) is 0.820. The molecule has 4 heteroatoms. The third kappa shape index (κ3) is 4.36. The second kappa shape index (κ2) is 7.07. The van der Waals surface area contributed by atoms with Gasteiger partial charge in [0.15, 0.2) is 0 Å². The van der Waals surface area contributed by atoms with Crippen LogP contribution >= 0.6 is 35.5 Å². The average Bonchev–Trinajstić information content (AvgIpc) is 2.73. The fourth-order valence-electron chi connectivity index (χ4n) is 1.50. The predicted octanol–water partition coefficient (Wildman–Crippen LogP) is 4.38. The van der Waals surface area contributed by atoms with Gasteiger partial charge < -0.3 is 4.90 Å². The Morgan fingerprint density at radius 2 is 1.88 bits per heavy atom. The van der Waals surface area contributed by atoms with Crippen LogP contribution in [0, 0.1) is 0 Å². The van der Waals surface area contributed by atoms with E-state index in [-0.39, 0.29) is 12.4 Å². The molecule has 0 atom stereocenters. The van der Waals surface area contributed by atoms with Gasteiger partial charge in [-0.2, -0.15) is 0 Å². The summed E-state index contributed by atoms with van der Waals surface area (Å²) in [4.78, 5) is 3.56. The van der Waals surface area contributed by atoms with Crippen molar-refractivity contribution < 1.29 is 0 Å². The van der Waals surface area contributed by atoms with Crippen LogP contribution in [-0.2, 0) is 6.54 Å². The van der Waals surface area contributed by atoms with Crippen molar-refractivity contribution in [2.45, 2.75) is 15.6 Å². The normalized spacial score (nSPS) is 10.3. The maximum atomic E-state index is 2.20. The summed E-state index contributed by atoms with van der Waals surface area (Å²) < 4.78 is 1.35. The highest BCUT2D eigenvalue weighted by molar-refractivity contribution is 8.01. The number of thiophene rings is 1. The van der Waals surface area contributed by atoms with Crippen molar-refractivity contribution in [2.24, 2.45) is 0 Å². The summed E-state index contributed by atoms with van der Waals surface area (Å²) in [6.45, 7) is 0.995. The van der Waals surface area contributed by atoms with Gasteiger partial charge in [0.1, 0.15) is 0 Å². The van der Waals surface area contributed by atoms with Crippen molar-refractivity contribution in [3.63, 3.8) is 0 Å². The van der Waals surface area contributed by atoms with Gasteiger partial charge >= 0.3 is 0 Å². The van der Waals surface area contributed by atoms with E-state index in [4.69, 9.17) is 0 Å². The molecule has 0 aliphatic rings. The molecule has 0 N–H and O–H groups in total. The lowest BCUT2D eigenvalue weighted by Gasteiger charge is -2.13. The molecule has 0 saturated heterocycles. The van der Waals surface area contributed by atoms with E-state index in [0.29, 0.717) is 0 Å². The van der Waals surface area contributed by atoms with Gasteiger partial charge in [-0.1, -0.05) is 36.0 Å². The molecule has 0 bridgehead atoms. The summed E-state index contributed by atoms with van der Waals surface area (Å²) in [7, 11) is 4.21. The van der Waals surface area contributed by atoms with E-state index in [1.165, 1.54) is 14.7 Å². The molecule has 2 aromatic rings. The van der Waals surface area contributed by atoms with Gasteiger partial charge in [0.2, 0.25) is 0 Å². The molecule has 0 amide bonds. The van der Waals surface area contributed by atoms with Gasteiger partial charge in [-0.15, -0.1) is 23.7 Å². The van der Waals surface area contributed by atoms with Gasteiger partial charge in [-0.05, 0) is 37.2 Å². The first-order valence-corrected chi connectivity index (χ1v) is 6.89. The molecule has 17 heavy (non-hydrogen) atoms. The van der Waals surface area contributed by atoms with Crippen LogP contribution in [0.25, 0.3) is 0 Å². The molecule has 1 aromatic heterocycles. The molecule has 0 fully saturated rings. The van der Waals surface area contributed by atoms with Crippen molar-refractivity contribution in [3.05, 3.63) is 47.3 Å². The highest BCUT2D eigenvalue weighted by Crippen LogP contribution is 2.33. The first-order valence-electron chi connectivity index (χ1n) is 5.19. The van der Waals surface area contributed by atoms with Crippen molar-refractivity contribution in [1.29, 1.82) is 0 Å². The fourth-order valence-corrected chi connectivity index (χ4v) is 3.36. The van der Waals surface area contributed by atoms with Crippen LogP contribution in [0.1, 0.15) is 5.56 Å². The molecule has 0 unspecified atom stereocenters. The van der Waals surface area contributed by atoms with Crippen LogP contribution < -0.4 is 0 Å². The molecule has 0 spiro atoms. The second-order valence-electron chi connectivity index (χ2n) is 3.88. The maximum Gasteiger partial charge on any atom is 0.0646 e. The molecule has 1 heterocycles. The Hall–Kier alpha value is -0.480. The molecular formula is C13H16ClNS2. The Kier molecular flexibility index (Phi) is 6.06. The summed E-state index contributed by atoms with van der Waals surface area (Å²) >= 11 is 3.65. The van der Waals surface area contributed by atoms with E-state index in [1.807, 2.05) is 11.8 Å². The minimum absolute atomic E-state index is 0.